The molecule has 26 heavy (non-hydrogen) atoms. The lowest BCUT2D eigenvalue weighted by atomic mass is 10.0. The summed E-state index contributed by atoms with van der Waals surface area (Å²) in [5.74, 6) is -0.428. The number of rotatable bonds is 4. The highest BCUT2D eigenvalue weighted by molar-refractivity contribution is 6.41. The van der Waals surface area contributed by atoms with Crippen LogP contribution in [0.15, 0.2) is 42.1 Å². The van der Waals surface area contributed by atoms with Crippen molar-refractivity contribution in [1.82, 2.24) is 4.90 Å². The molecule has 0 saturated heterocycles. The van der Waals surface area contributed by atoms with Gasteiger partial charge in [0.15, 0.2) is 0 Å². The average Bonchev–Trinajstić information content (AvgIpc) is 2.80. The van der Waals surface area contributed by atoms with E-state index in [1.807, 2.05) is 0 Å². The molecule has 5 nitrogen and oxygen atoms in total. The smallest absolute Gasteiger partial charge is 0.277 e. The Balaban J connectivity index is 2.10. The highest BCUT2D eigenvalue weighted by Gasteiger charge is 2.37. The van der Waals surface area contributed by atoms with Gasteiger partial charge >= 0.3 is 0 Å². The van der Waals surface area contributed by atoms with Crippen LogP contribution in [-0.2, 0) is 9.59 Å². The van der Waals surface area contributed by atoms with Crippen molar-refractivity contribution in [2.24, 2.45) is 0 Å². The van der Waals surface area contributed by atoms with E-state index in [4.69, 9.17) is 39.5 Å². The van der Waals surface area contributed by atoms with Crippen LogP contribution in [-0.4, -0.2) is 30.9 Å². The van der Waals surface area contributed by atoms with E-state index in [-0.39, 0.29) is 16.3 Å². The van der Waals surface area contributed by atoms with Gasteiger partial charge in [0, 0.05) is 23.3 Å². The third-order valence-corrected chi connectivity index (χ3v) is 4.75. The number of benzene rings is 2. The third kappa shape index (κ3) is 3.26. The number of anilines is 1. The molecule has 0 saturated carbocycles. The van der Waals surface area contributed by atoms with Gasteiger partial charge in [0.1, 0.15) is 11.4 Å². The van der Waals surface area contributed by atoms with Crippen LogP contribution < -0.4 is 10.1 Å². The maximum absolute atomic E-state index is 12.6. The summed E-state index contributed by atoms with van der Waals surface area (Å²) in [6, 6.07) is 9.68. The van der Waals surface area contributed by atoms with Crippen molar-refractivity contribution < 1.29 is 14.3 Å². The zero-order chi connectivity index (χ0) is 19.0. The number of methoxy groups -OCH3 is 1. The summed E-state index contributed by atoms with van der Waals surface area (Å²) in [5.41, 5.74) is 1.24. The fraction of sp³-hybridized carbons (Fsp3) is 0.111. The van der Waals surface area contributed by atoms with Crippen LogP contribution in [0.3, 0.4) is 0 Å². The largest absolute Gasteiger partial charge is 0.495 e. The number of carbonyl (C=O) groups is 2. The number of carbonyl (C=O) groups excluding carboxylic acids is 2. The van der Waals surface area contributed by atoms with Crippen molar-refractivity contribution in [1.29, 1.82) is 0 Å². The second-order valence-electron chi connectivity index (χ2n) is 5.52. The summed E-state index contributed by atoms with van der Waals surface area (Å²) in [6.45, 7) is 0. The second kappa shape index (κ2) is 7.19. The van der Waals surface area contributed by atoms with Gasteiger partial charge < -0.3 is 10.1 Å². The highest BCUT2D eigenvalue weighted by Crippen LogP contribution is 2.35. The highest BCUT2D eigenvalue weighted by atomic mass is 35.5. The van der Waals surface area contributed by atoms with E-state index < -0.39 is 11.8 Å². The zero-order valence-electron chi connectivity index (χ0n) is 13.8. The molecule has 0 bridgehead atoms. The molecule has 1 aliphatic rings. The fourth-order valence-corrected chi connectivity index (χ4v) is 3.35. The van der Waals surface area contributed by atoms with Gasteiger partial charge in [-0.1, -0.05) is 40.9 Å². The summed E-state index contributed by atoms with van der Waals surface area (Å²) in [5, 5.41) is 4.05. The Morgan fingerprint density at radius 2 is 1.69 bits per heavy atom. The number of likely N-dealkylation sites (N-methyl/N-ethyl adjacent to an activating group) is 1. The van der Waals surface area contributed by atoms with Crippen LogP contribution in [0.5, 0.6) is 5.75 Å². The van der Waals surface area contributed by atoms with Gasteiger partial charge in [-0.25, -0.2) is 0 Å². The number of nitrogens with one attached hydrogen (secondary N) is 1. The third-order valence-electron chi connectivity index (χ3n) is 3.91. The first-order valence-corrected chi connectivity index (χ1v) is 8.59. The molecule has 2 amide bonds. The zero-order valence-corrected chi connectivity index (χ0v) is 16.0. The molecule has 0 aromatic heterocycles. The van der Waals surface area contributed by atoms with E-state index in [1.54, 1.807) is 30.3 Å². The van der Waals surface area contributed by atoms with Gasteiger partial charge in [-0.05, 0) is 30.3 Å². The van der Waals surface area contributed by atoms with E-state index in [9.17, 15) is 9.59 Å². The van der Waals surface area contributed by atoms with Crippen LogP contribution in [0.2, 0.25) is 15.1 Å². The van der Waals surface area contributed by atoms with Gasteiger partial charge in [-0.15, -0.1) is 0 Å². The number of hydrogen-bond donors (Lipinski definition) is 1. The maximum Gasteiger partial charge on any atom is 0.277 e. The van der Waals surface area contributed by atoms with Gasteiger partial charge in [0.05, 0.1) is 22.7 Å². The SMILES string of the molecule is COc1ccc(NC2=C(c3ccc(Cl)cc3Cl)C(=O)N(C)C2=O)cc1Cl. The van der Waals surface area contributed by atoms with Crippen molar-refractivity contribution in [3.05, 3.63) is 62.7 Å². The minimum atomic E-state index is -0.469. The molecule has 0 radical (unpaired) electrons. The summed E-state index contributed by atoms with van der Waals surface area (Å²) in [7, 11) is 2.91. The number of amides is 2. The standard InChI is InChI=1S/C18H13Cl3N2O3/c1-23-17(24)15(11-5-3-9(19)7-12(11)20)16(18(23)25)22-10-4-6-14(26-2)13(21)8-10/h3-8,22H,1-2H3. The molecular formula is C18H13Cl3N2O3. The summed E-state index contributed by atoms with van der Waals surface area (Å²) < 4.78 is 5.11. The molecule has 1 N–H and O–H groups in total. The van der Waals surface area contributed by atoms with Crippen LogP contribution in [0.4, 0.5) is 5.69 Å². The first kappa shape index (κ1) is 18.6. The quantitative estimate of drug-likeness (QED) is 0.754. The number of nitrogens with zero attached hydrogens (tertiary/aromatic N) is 1. The molecular weight excluding hydrogens is 399 g/mol. The lowest BCUT2D eigenvalue weighted by Crippen LogP contribution is -2.27. The molecule has 0 unspecified atom stereocenters. The molecule has 1 heterocycles. The Kier molecular flexibility index (Phi) is 5.14. The molecule has 0 aliphatic carbocycles. The average molecular weight is 412 g/mol. The van der Waals surface area contributed by atoms with E-state index in [1.165, 1.54) is 20.2 Å². The van der Waals surface area contributed by atoms with Gasteiger partial charge in [-0.3, -0.25) is 14.5 Å². The predicted molar refractivity (Wildman–Crippen MR) is 103 cm³/mol. The maximum atomic E-state index is 12.6. The lowest BCUT2D eigenvalue weighted by Gasteiger charge is -2.11. The number of halogens is 3. The normalized spacial score (nSPS) is 14.3. The van der Waals surface area contributed by atoms with Crippen LogP contribution >= 0.6 is 34.8 Å². The van der Waals surface area contributed by atoms with Crippen LogP contribution in [0.25, 0.3) is 5.57 Å². The predicted octanol–water partition coefficient (Wildman–Crippen LogP) is 4.48. The number of ether oxygens (including phenoxy) is 1. The minimum absolute atomic E-state index is 0.114. The first-order valence-electron chi connectivity index (χ1n) is 7.46. The van der Waals surface area contributed by atoms with Crippen molar-refractivity contribution in [3.63, 3.8) is 0 Å². The summed E-state index contributed by atoms with van der Waals surface area (Å²) in [6.07, 6.45) is 0. The van der Waals surface area contributed by atoms with Gasteiger partial charge in [0.25, 0.3) is 11.8 Å². The van der Waals surface area contributed by atoms with Crippen LogP contribution in [0.1, 0.15) is 5.56 Å². The lowest BCUT2D eigenvalue weighted by molar-refractivity contribution is -0.135. The Morgan fingerprint density at radius 3 is 2.31 bits per heavy atom. The number of hydrogen-bond acceptors (Lipinski definition) is 4. The molecule has 0 fully saturated rings. The molecule has 2 aromatic rings. The molecule has 1 aliphatic heterocycles. The molecule has 0 spiro atoms. The molecule has 8 heteroatoms. The first-order chi connectivity index (χ1) is 12.3. The second-order valence-corrected chi connectivity index (χ2v) is 6.77. The topological polar surface area (TPSA) is 58.6 Å². The van der Waals surface area contributed by atoms with Crippen molar-refractivity contribution >= 4 is 57.9 Å². The van der Waals surface area contributed by atoms with Gasteiger partial charge in [0.2, 0.25) is 0 Å². The fourth-order valence-electron chi connectivity index (χ4n) is 2.59. The van der Waals surface area contributed by atoms with Crippen molar-refractivity contribution in [3.8, 4) is 5.75 Å². The molecule has 134 valence electrons. The summed E-state index contributed by atoms with van der Waals surface area (Å²) in [4.78, 5) is 26.2. The van der Waals surface area contributed by atoms with Crippen molar-refractivity contribution in [2.75, 3.05) is 19.5 Å². The molecule has 2 aromatic carbocycles. The van der Waals surface area contributed by atoms with Crippen molar-refractivity contribution in [2.45, 2.75) is 0 Å². The van der Waals surface area contributed by atoms with Gasteiger partial charge in [-0.2, -0.15) is 0 Å². The van der Waals surface area contributed by atoms with Crippen LogP contribution in [0, 0.1) is 0 Å². The minimum Gasteiger partial charge on any atom is -0.495 e. The van der Waals surface area contributed by atoms with E-state index in [2.05, 4.69) is 5.32 Å². The van der Waals surface area contributed by atoms with E-state index in [0.717, 1.165) is 4.90 Å². The van der Waals surface area contributed by atoms with E-state index >= 15 is 0 Å². The Hall–Kier alpha value is -2.21. The Labute approximate surface area is 165 Å². The Bertz CT molecular complexity index is 957. The Morgan fingerprint density at radius 1 is 0.962 bits per heavy atom. The molecule has 0 atom stereocenters. The monoisotopic (exact) mass is 410 g/mol. The molecule has 3 rings (SSSR count). The van der Waals surface area contributed by atoms with E-state index in [0.29, 0.717) is 27.0 Å². The number of imide groups is 1. The summed E-state index contributed by atoms with van der Waals surface area (Å²) >= 11 is 18.3.